The Bertz CT molecular complexity index is 256. The lowest BCUT2D eigenvalue weighted by atomic mass is 9.86. The van der Waals surface area contributed by atoms with Crippen molar-refractivity contribution in [3.8, 4) is 0 Å². The highest BCUT2D eigenvalue weighted by Gasteiger charge is 2.27. The molecule has 0 spiro atoms. The molecule has 0 aromatic rings. The standard InChI is InChI=1S/C8H20N2O3S/c1-8(2,3)7(5-6-11)10-14(12,13)9-4/h7,9-11H,5-6H2,1-4H3. The van der Waals surface area contributed by atoms with E-state index in [9.17, 15) is 8.42 Å². The molecule has 0 aliphatic carbocycles. The van der Waals surface area contributed by atoms with Gasteiger partial charge in [0.25, 0.3) is 10.2 Å². The fourth-order valence-corrected chi connectivity index (χ4v) is 2.01. The van der Waals surface area contributed by atoms with Gasteiger partial charge in [0.05, 0.1) is 0 Å². The molecule has 0 radical (unpaired) electrons. The molecule has 3 N–H and O–H groups in total. The summed E-state index contributed by atoms with van der Waals surface area (Å²) in [6, 6.07) is -0.273. The van der Waals surface area contributed by atoms with Gasteiger partial charge in [-0.1, -0.05) is 20.8 Å². The normalized spacial score (nSPS) is 15.5. The predicted molar refractivity (Wildman–Crippen MR) is 56.1 cm³/mol. The number of hydrogen-bond acceptors (Lipinski definition) is 3. The predicted octanol–water partition coefficient (Wildman–Crippen LogP) is -0.163. The Balaban J connectivity index is 4.55. The van der Waals surface area contributed by atoms with Crippen molar-refractivity contribution in [2.24, 2.45) is 5.41 Å². The summed E-state index contributed by atoms with van der Waals surface area (Å²) in [6.07, 6.45) is 0.407. The van der Waals surface area contributed by atoms with E-state index in [1.54, 1.807) is 0 Å². The first-order chi connectivity index (χ1) is 6.23. The maximum Gasteiger partial charge on any atom is 0.276 e. The van der Waals surface area contributed by atoms with E-state index in [2.05, 4.69) is 9.44 Å². The molecule has 0 aromatic heterocycles. The van der Waals surface area contributed by atoms with E-state index in [-0.39, 0.29) is 18.1 Å². The Morgan fingerprint density at radius 2 is 1.86 bits per heavy atom. The molecule has 86 valence electrons. The van der Waals surface area contributed by atoms with Crippen LogP contribution in [0.2, 0.25) is 0 Å². The average Bonchev–Trinajstić information content (AvgIpc) is 2.02. The maximum atomic E-state index is 11.2. The lowest BCUT2D eigenvalue weighted by Crippen LogP contribution is -2.47. The Morgan fingerprint density at radius 1 is 1.36 bits per heavy atom. The van der Waals surface area contributed by atoms with E-state index < -0.39 is 10.2 Å². The van der Waals surface area contributed by atoms with E-state index in [1.165, 1.54) is 7.05 Å². The minimum atomic E-state index is -3.44. The maximum absolute atomic E-state index is 11.2. The minimum absolute atomic E-state index is 0.0336. The zero-order valence-electron chi connectivity index (χ0n) is 9.16. The highest BCUT2D eigenvalue weighted by molar-refractivity contribution is 7.87. The van der Waals surface area contributed by atoms with E-state index in [1.807, 2.05) is 20.8 Å². The molecule has 0 amide bonds. The molecule has 14 heavy (non-hydrogen) atoms. The Morgan fingerprint density at radius 3 is 2.14 bits per heavy atom. The van der Waals surface area contributed by atoms with Crippen LogP contribution < -0.4 is 9.44 Å². The van der Waals surface area contributed by atoms with E-state index >= 15 is 0 Å². The lowest BCUT2D eigenvalue weighted by Gasteiger charge is -2.30. The third kappa shape index (κ3) is 4.90. The highest BCUT2D eigenvalue weighted by Crippen LogP contribution is 2.21. The average molecular weight is 224 g/mol. The minimum Gasteiger partial charge on any atom is -0.396 e. The first-order valence-corrected chi connectivity index (χ1v) is 6.03. The molecule has 0 saturated carbocycles. The van der Waals surface area contributed by atoms with E-state index in [4.69, 9.17) is 5.11 Å². The fourth-order valence-electron chi connectivity index (χ4n) is 1.04. The smallest absolute Gasteiger partial charge is 0.276 e. The van der Waals surface area contributed by atoms with Crippen LogP contribution >= 0.6 is 0 Å². The molecule has 0 bridgehead atoms. The van der Waals surface area contributed by atoms with Crippen LogP contribution in [0.5, 0.6) is 0 Å². The summed E-state index contributed by atoms with van der Waals surface area (Å²) < 4.78 is 27.1. The second kappa shape index (κ2) is 5.06. The zero-order valence-corrected chi connectivity index (χ0v) is 9.98. The van der Waals surface area contributed by atoms with Crippen molar-refractivity contribution in [2.45, 2.75) is 33.2 Å². The third-order valence-electron chi connectivity index (χ3n) is 2.03. The Kier molecular flexibility index (Phi) is 5.00. The summed E-state index contributed by atoms with van der Waals surface area (Å²) >= 11 is 0. The third-order valence-corrected chi connectivity index (χ3v) is 3.16. The Labute approximate surface area is 86.1 Å². The van der Waals surface area contributed by atoms with Crippen LogP contribution in [0.25, 0.3) is 0 Å². The number of aliphatic hydroxyl groups is 1. The topological polar surface area (TPSA) is 78.4 Å². The van der Waals surface area contributed by atoms with Gasteiger partial charge in [0.2, 0.25) is 0 Å². The molecule has 0 rings (SSSR count). The highest BCUT2D eigenvalue weighted by atomic mass is 32.2. The van der Waals surface area contributed by atoms with Crippen LogP contribution in [-0.4, -0.2) is 33.2 Å². The van der Waals surface area contributed by atoms with Crippen molar-refractivity contribution in [2.75, 3.05) is 13.7 Å². The first kappa shape index (κ1) is 13.8. The van der Waals surface area contributed by atoms with Crippen LogP contribution in [0.15, 0.2) is 0 Å². The number of hydrogen-bond donors (Lipinski definition) is 3. The van der Waals surface area contributed by atoms with Gasteiger partial charge in [-0.25, -0.2) is 4.72 Å². The van der Waals surface area contributed by atoms with Gasteiger partial charge in [-0.2, -0.15) is 13.1 Å². The van der Waals surface area contributed by atoms with Crippen molar-refractivity contribution in [3.05, 3.63) is 0 Å². The molecule has 6 heteroatoms. The monoisotopic (exact) mass is 224 g/mol. The molecule has 0 aliphatic heterocycles. The molecule has 0 heterocycles. The fraction of sp³-hybridized carbons (Fsp3) is 1.00. The van der Waals surface area contributed by atoms with Gasteiger partial charge < -0.3 is 5.11 Å². The van der Waals surface area contributed by atoms with Crippen molar-refractivity contribution < 1.29 is 13.5 Å². The summed E-state index contributed by atoms with van der Waals surface area (Å²) in [5.74, 6) is 0. The van der Waals surface area contributed by atoms with Gasteiger partial charge in [0, 0.05) is 19.7 Å². The summed E-state index contributed by atoms with van der Waals surface area (Å²) in [5.41, 5.74) is -0.216. The molecular formula is C8H20N2O3S. The van der Waals surface area contributed by atoms with Gasteiger partial charge in [0.1, 0.15) is 0 Å². The largest absolute Gasteiger partial charge is 0.396 e. The summed E-state index contributed by atoms with van der Waals surface area (Å²) in [7, 11) is -2.09. The molecular weight excluding hydrogens is 204 g/mol. The summed E-state index contributed by atoms with van der Waals surface area (Å²) in [4.78, 5) is 0. The summed E-state index contributed by atoms with van der Waals surface area (Å²) in [5, 5.41) is 8.81. The SMILES string of the molecule is CNS(=O)(=O)NC(CCO)C(C)(C)C. The van der Waals surface area contributed by atoms with Crippen LogP contribution in [-0.2, 0) is 10.2 Å². The molecule has 5 nitrogen and oxygen atoms in total. The first-order valence-electron chi connectivity index (χ1n) is 4.54. The van der Waals surface area contributed by atoms with Gasteiger partial charge in [-0.05, 0) is 11.8 Å². The molecule has 0 fully saturated rings. The van der Waals surface area contributed by atoms with Crippen LogP contribution in [0, 0.1) is 5.41 Å². The van der Waals surface area contributed by atoms with Gasteiger partial charge >= 0.3 is 0 Å². The van der Waals surface area contributed by atoms with Crippen molar-refractivity contribution in [3.63, 3.8) is 0 Å². The number of nitrogens with one attached hydrogen (secondary N) is 2. The van der Waals surface area contributed by atoms with Gasteiger partial charge in [-0.3, -0.25) is 0 Å². The van der Waals surface area contributed by atoms with E-state index in [0.29, 0.717) is 6.42 Å². The van der Waals surface area contributed by atoms with Gasteiger partial charge in [-0.15, -0.1) is 0 Å². The molecule has 0 aliphatic rings. The quantitative estimate of drug-likeness (QED) is 0.607. The summed E-state index contributed by atoms with van der Waals surface area (Å²) in [6.45, 7) is 5.73. The molecule has 0 saturated heterocycles. The Hall–Kier alpha value is -0.170. The van der Waals surface area contributed by atoms with Crippen LogP contribution in [0.4, 0.5) is 0 Å². The molecule has 0 aromatic carbocycles. The second-order valence-corrected chi connectivity index (χ2v) is 5.91. The van der Waals surface area contributed by atoms with E-state index in [0.717, 1.165) is 0 Å². The lowest BCUT2D eigenvalue weighted by molar-refractivity contribution is 0.214. The number of rotatable bonds is 5. The molecule has 1 unspecified atom stereocenters. The van der Waals surface area contributed by atoms with Gasteiger partial charge in [0.15, 0.2) is 0 Å². The number of aliphatic hydroxyl groups excluding tert-OH is 1. The second-order valence-electron chi connectivity index (χ2n) is 4.26. The molecule has 1 atom stereocenters. The van der Waals surface area contributed by atoms with Crippen molar-refractivity contribution in [1.29, 1.82) is 0 Å². The van der Waals surface area contributed by atoms with Crippen molar-refractivity contribution >= 4 is 10.2 Å². The van der Waals surface area contributed by atoms with Crippen LogP contribution in [0.1, 0.15) is 27.2 Å². The zero-order chi connectivity index (χ0) is 11.4. The van der Waals surface area contributed by atoms with Crippen LogP contribution in [0.3, 0.4) is 0 Å². The van der Waals surface area contributed by atoms with Crippen molar-refractivity contribution in [1.82, 2.24) is 9.44 Å².